The zero-order valence-corrected chi connectivity index (χ0v) is 17.7. The number of hydrogen-bond acceptors (Lipinski definition) is 9. The number of benzene rings is 1. The summed E-state index contributed by atoms with van der Waals surface area (Å²) in [5.41, 5.74) is 1.91. The van der Waals surface area contributed by atoms with Crippen molar-refractivity contribution >= 4 is 26.6 Å². The van der Waals surface area contributed by atoms with Crippen LogP contribution in [0.15, 0.2) is 43.0 Å². The first kappa shape index (κ1) is 21.1. The molecule has 3 atom stereocenters. The quantitative estimate of drug-likeness (QED) is 0.453. The summed E-state index contributed by atoms with van der Waals surface area (Å²) in [6, 6.07) is 9.73. The second-order valence-electron chi connectivity index (χ2n) is 7.20. The Morgan fingerprint density at radius 2 is 1.97 bits per heavy atom. The molecule has 1 aromatic carbocycles. The second kappa shape index (κ2) is 8.93. The Balaban J connectivity index is 1.60. The van der Waals surface area contributed by atoms with Crippen molar-refractivity contribution < 1.29 is 28.5 Å². The third-order valence-corrected chi connectivity index (χ3v) is 6.03. The van der Waals surface area contributed by atoms with E-state index in [1.165, 1.54) is 20.2 Å². The topological polar surface area (TPSA) is 121 Å². The van der Waals surface area contributed by atoms with E-state index in [0.717, 1.165) is 5.56 Å². The van der Waals surface area contributed by atoms with Gasteiger partial charge >= 0.3 is 156 Å². The molecule has 0 unspecified atom stereocenters. The monoisotopic (exact) mass is 434 g/mol. The minimum atomic E-state index is -3.32. The first-order valence-corrected chi connectivity index (χ1v) is 11.9. The Labute approximate surface area is 174 Å². The van der Waals surface area contributed by atoms with Crippen molar-refractivity contribution in [1.29, 1.82) is 0 Å². The molecule has 0 spiro atoms. The van der Waals surface area contributed by atoms with E-state index in [1.54, 1.807) is 11.5 Å². The molecule has 1 saturated heterocycles. The molecular weight excluding hydrogens is 410 g/mol. The molecule has 3 aromatic rings. The first-order chi connectivity index (χ1) is 14.4. The summed E-state index contributed by atoms with van der Waals surface area (Å²) in [5, 5.41) is 10.7. The van der Waals surface area contributed by atoms with Crippen molar-refractivity contribution in [1.82, 2.24) is 19.5 Å². The number of aliphatic hydroxyl groups is 1. The number of aliphatic hydroxyl groups excluding tert-OH is 1. The molecule has 2 aromatic heterocycles. The zero-order valence-electron chi connectivity index (χ0n) is 16.7. The standard InChI is InChI=1S/C18H24BN4O6P/c1-12-7-27-30(19,25)28-9-14(24)18(29-12)23-11-22-15-16(23)20-10-21-17(15)26-8-13-5-3-2-4-6-13/h2-6,10-12,14,18,24-25,30H,7-9,19H2,1H3/t12-,14-,18+/m0/s1. The van der Waals surface area contributed by atoms with Crippen LogP contribution in [0.4, 0.5) is 0 Å². The van der Waals surface area contributed by atoms with Gasteiger partial charge in [-0.15, -0.1) is 0 Å². The molecule has 30 heavy (non-hydrogen) atoms. The molecule has 4 rings (SSSR count). The summed E-state index contributed by atoms with van der Waals surface area (Å²) >= 11 is 0. The summed E-state index contributed by atoms with van der Waals surface area (Å²) < 4.78 is 24.3. The Morgan fingerprint density at radius 3 is 2.77 bits per heavy atom. The fraction of sp³-hybridized carbons (Fsp3) is 0.389. The van der Waals surface area contributed by atoms with Gasteiger partial charge < -0.3 is 0 Å². The van der Waals surface area contributed by atoms with Crippen LogP contribution in [0.1, 0.15) is 18.7 Å². The van der Waals surface area contributed by atoms with Crippen LogP contribution in [0.3, 0.4) is 0 Å². The molecule has 0 amide bonds. The number of fused-ring (bicyclic) bond motifs is 1. The maximum absolute atomic E-state index is 10.7. The number of hydrogen-bond donors (Lipinski definition) is 2. The van der Waals surface area contributed by atoms with E-state index in [0.29, 0.717) is 23.7 Å². The van der Waals surface area contributed by atoms with Gasteiger partial charge in [-0.25, -0.2) is 0 Å². The van der Waals surface area contributed by atoms with Crippen molar-refractivity contribution in [3.05, 3.63) is 48.5 Å². The van der Waals surface area contributed by atoms with Crippen LogP contribution in [-0.4, -0.2) is 62.5 Å². The van der Waals surface area contributed by atoms with Crippen LogP contribution < -0.4 is 4.74 Å². The van der Waals surface area contributed by atoms with Gasteiger partial charge in [-0.2, -0.15) is 0 Å². The molecule has 1 fully saturated rings. The fourth-order valence-corrected chi connectivity index (χ4v) is 4.21. The maximum atomic E-state index is 10.7. The van der Waals surface area contributed by atoms with Gasteiger partial charge in [0.05, 0.1) is 0 Å². The summed E-state index contributed by atoms with van der Waals surface area (Å²) in [6.07, 6.45) is 0.577. The van der Waals surface area contributed by atoms with Crippen LogP contribution in [0, 0.1) is 0 Å². The molecule has 0 bridgehead atoms. The fourth-order valence-electron chi connectivity index (χ4n) is 3.10. The Hall–Kier alpha value is -2.14. The summed E-state index contributed by atoms with van der Waals surface area (Å²) in [4.78, 5) is 23.1. The van der Waals surface area contributed by atoms with Gasteiger partial charge in [0.25, 0.3) is 0 Å². The van der Waals surface area contributed by atoms with Crippen molar-refractivity contribution in [3.8, 4) is 5.88 Å². The third-order valence-electron chi connectivity index (χ3n) is 4.63. The van der Waals surface area contributed by atoms with E-state index in [9.17, 15) is 10.00 Å². The van der Waals surface area contributed by atoms with Crippen molar-refractivity contribution in [3.63, 3.8) is 0 Å². The molecular formula is C18H24BN4O6P. The van der Waals surface area contributed by atoms with Gasteiger partial charge in [0.15, 0.2) is 0 Å². The average Bonchev–Trinajstić information content (AvgIpc) is 3.19. The average molecular weight is 434 g/mol. The normalized spacial score (nSPS) is 25.8. The molecule has 160 valence electrons. The van der Waals surface area contributed by atoms with Gasteiger partial charge in [-0.1, -0.05) is 18.2 Å². The SMILES string of the molecule is B[PH]1(O)OC[C@H](C)O[C@@H](n2cnc3c(OCc4ccccc4)ncnc32)[C@@H](O)CO1. The van der Waals surface area contributed by atoms with E-state index in [1.807, 2.05) is 30.3 Å². The van der Waals surface area contributed by atoms with E-state index < -0.39 is 26.3 Å². The van der Waals surface area contributed by atoms with Crippen molar-refractivity contribution in [2.24, 2.45) is 0 Å². The van der Waals surface area contributed by atoms with Crippen LogP contribution in [0.25, 0.3) is 11.2 Å². The zero-order chi connectivity index (χ0) is 21.1. The van der Waals surface area contributed by atoms with Crippen LogP contribution in [0.2, 0.25) is 0 Å². The molecule has 0 aliphatic carbocycles. The molecule has 3 heterocycles. The van der Waals surface area contributed by atoms with Crippen molar-refractivity contribution in [2.75, 3.05) is 13.2 Å². The molecule has 10 nitrogen and oxygen atoms in total. The predicted octanol–water partition coefficient (Wildman–Crippen LogP) is 0.752. The number of nitrogens with zero attached hydrogens (tertiary/aromatic N) is 4. The molecule has 1 aliphatic rings. The molecule has 0 radical (unpaired) electrons. The Bertz CT molecular complexity index is 991. The second-order valence-corrected chi connectivity index (χ2v) is 9.57. The number of ether oxygens (including phenoxy) is 2. The van der Waals surface area contributed by atoms with Gasteiger partial charge in [-0.3, -0.25) is 0 Å². The molecule has 1 aliphatic heterocycles. The third kappa shape index (κ3) is 4.78. The van der Waals surface area contributed by atoms with E-state index in [-0.39, 0.29) is 13.2 Å². The van der Waals surface area contributed by atoms with Gasteiger partial charge in [-0.05, 0) is 0 Å². The van der Waals surface area contributed by atoms with Crippen LogP contribution in [-0.2, 0) is 20.4 Å². The Kier molecular flexibility index (Phi) is 6.28. The number of rotatable bonds is 4. The summed E-state index contributed by atoms with van der Waals surface area (Å²) in [6.45, 7) is 2.11. The number of aromatic nitrogens is 4. The minimum absolute atomic E-state index is 0.134. The van der Waals surface area contributed by atoms with Gasteiger partial charge in [0, 0.05) is 0 Å². The summed E-state index contributed by atoms with van der Waals surface area (Å²) in [5.74, 6) is 0.336. The van der Waals surface area contributed by atoms with E-state index >= 15 is 0 Å². The van der Waals surface area contributed by atoms with Crippen LogP contribution >= 0.6 is 7.82 Å². The van der Waals surface area contributed by atoms with E-state index in [4.69, 9.17) is 18.5 Å². The van der Waals surface area contributed by atoms with E-state index in [2.05, 4.69) is 15.0 Å². The number of imidazole rings is 1. The molecule has 12 heteroatoms. The summed E-state index contributed by atoms with van der Waals surface area (Å²) in [7, 11) is -1.82. The van der Waals surface area contributed by atoms with Gasteiger partial charge in [0.1, 0.15) is 0 Å². The molecule has 2 N–H and O–H groups in total. The van der Waals surface area contributed by atoms with Crippen molar-refractivity contribution in [2.45, 2.75) is 32.0 Å². The predicted molar refractivity (Wildman–Crippen MR) is 113 cm³/mol. The Morgan fingerprint density at radius 1 is 1.20 bits per heavy atom. The van der Waals surface area contributed by atoms with Crippen LogP contribution in [0.5, 0.6) is 5.88 Å². The first-order valence-electron chi connectivity index (χ1n) is 9.61. The van der Waals surface area contributed by atoms with Gasteiger partial charge in [0.2, 0.25) is 0 Å². The molecule has 0 saturated carbocycles.